The van der Waals surface area contributed by atoms with Gasteiger partial charge in [-0.25, -0.2) is 4.99 Å². The minimum Gasteiger partial charge on any atom is -0.495 e. The Labute approximate surface area is 184 Å². The predicted molar refractivity (Wildman–Crippen MR) is 118 cm³/mol. The third kappa shape index (κ3) is 4.78. The van der Waals surface area contributed by atoms with Gasteiger partial charge in [-0.3, -0.25) is 4.79 Å². The van der Waals surface area contributed by atoms with E-state index in [0.29, 0.717) is 44.0 Å². The molecule has 1 N–H and O–H groups in total. The summed E-state index contributed by atoms with van der Waals surface area (Å²) in [6, 6.07) is 11.9. The highest BCUT2D eigenvalue weighted by Crippen LogP contribution is 2.33. The number of carbonyl (C=O) groups excluding carboxylic acids is 1. The van der Waals surface area contributed by atoms with Crippen molar-refractivity contribution in [2.24, 2.45) is 4.99 Å². The number of nitrogens with one attached hydrogen (secondary N) is 1. The zero-order valence-corrected chi connectivity index (χ0v) is 18.4. The van der Waals surface area contributed by atoms with Crippen LogP contribution in [0.1, 0.15) is 23.0 Å². The van der Waals surface area contributed by atoms with Crippen LogP contribution in [0.4, 0.5) is 17.3 Å². The summed E-state index contributed by atoms with van der Waals surface area (Å²) in [7, 11) is 3.08. The molecule has 156 valence electrons. The van der Waals surface area contributed by atoms with E-state index in [9.17, 15) is 4.79 Å². The molecule has 1 aromatic heterocycles. The molecule has 0 saturated carbocycles. The number of ketones is 1. The SMILES string of the molecule is COc1ccc(Cl)cc1N=c1cc(C)oc(Nc2cc(Cl)ccc2OC)c1C(C)=O. The molecule has 0 amide bonds. The van der Waals surface area contributed by atoms with Crippen molar-refractivity contribution >= 4 is 46.2 Å². The van der Waals surface area contributed by atoms with E-state index < -0.39 is 0 Å². The largest absolute Gasteiger partial charge is 0.495 e. The first-order chi connectivity index (χ1) is 14.3. The van der Waals surface area contributed by atoms with Crippen molar-refractivity contribution in [2.45, 2.75) is 13.8 Å². The number of methoxy groups -OCH3 is 2. The van der Waals surface area contributed by atoms with Crippen LogP contribution in [0, 0.1) is 6.92 Å². The second-order valence-corrected chi connectivity index (χ2v) is 7.27. The third-order valence-electron chi connectivity index (χ3n) is 4.23. The van der Waals surface area contributed by atoms with E-state index >= 15 is 0 Å². The number of rotatable bonds is 6. The molecular formula is C22H20Cl2N2O4. The molecule has 3 rings (SSSR count). The molecule has 0 aliphatic carbocycles. The maximum Gasteiger partial charge on any atom is 0.210 e. The molecule has 0 radical (unpaired) electrons. The zero-order chi connectivity index (χ0) is 21.8. The van der Waals surface area contributed by atoms with Crippen LogP contribution >= 0.6 is 23.2 Å². The van der Waals surface area contributed by atoms with Crippen LogP contribution in [0.2, 0.25) is 10.0 Å². The maximum atomic E-state index is 12.5. The second kappa shape index (κ2) is 9.24. The summed E-state index contributed by atoms with van der Waals surface area (Å²) in [6.45, 7) is 3.20. The molecule has 2 aromatic carbocycles. The average Bonchev–Trinajstić information content (AvgIpc) is 2.68. The molecule has 0 unspecified atom stereocenters. The van der Waals surface area contributed by atoms with Crippen LogP contribution in [-0.2, 0) is 0 Å². The fraction of sp³-hybridized carbons (Fsp3) is 0.182. The molecule has 6 nitrogen and oxygen atoms in total. The van der Waals surface area contributed by atoms with Crippen molar-refractivity contribution in [1.82, 2.24) is 0 Å². The number of aryl methyl sites for hydroxylation is 1. The van der Waals surface area contributed by atoms with E-state index in [2.05, 4.69) is 10.3 Å². The normalized spacial score (nSPS) is 11.3. The fourth-order valence-corrected chi connectivity index (χ4v) is 3.26. The number of hydrogen-bond donors (Lipinski definition) is 1. The van der Waals surface area contributed by atoms with Gasteiger partial charge in [-0.2, -0.15) is 0 Å². The molecule has 1 heterocycles. The Morgan fingerprint density at radius 1 is 1.00 bits per heavy atom. The number of Topliss-reactive ketones (excluding diaryl/α,β-unsaturated/α-hetero) is 1. The lowest BCUT2D eigenvalue weighted by Crippen LogP contribution is -2.17. The van der Waals surface area contributed by atoms with Gasteiger partial charge in [0.1, 0.15) is 28.5 Å². The number of ether oxygens (including phenoxy) is 2. The summed E-state index contributed by atoms with van der Waals surface area (Å²) in [6.07, 6.45) is 0. The van der Waals surface area contributed by atoms with Gasteiger partial charge in [0.15, 0.2) is 5.78 Å². The van der Waals surface area contributed by atoms with Crippen LogP contribution in [0.25, 0.3) is 0 Å². The lowest BCUT2D eigenvalue weighted by molar-refractivity contribution is 0.101. The van der Waals surface area contributed by atoms with Crippen LogP contribution in [0.15, 0.2) is 51.9 Å². The quantitative estimate of drug-likeness (QED) is 0.463. The Hall–Kier alpha value is -2.96. The van der Waals surface area contributed by atoms with Gasteiger partial charge in [-0.05, 0) is 50.2 Å². The van der Waals surface area contributed by atoms with Gasteiger partial charge in [-0.1, -0.05) is 23.2 Å². The minimum atomic E-state index is -0.234. The number of halogens is 2. The van der Waals surface area contributed by atoms with Gasteiger partial charge in [0.25, 0.3) is 0 Å². The highest BCUT2D eigenvalue weighted by atomic mass is 35.5. The molecule has 3 aromatic rings. The molecular weight excluding hydrogens is 427 g/mol. The van der Waals surface area contributed by atoms with Crippen molar-refractivity contribution in [3.63, 3.8) is 0 Å². The van der Waals surface area contributed by atoms with E-state index in [4.69, 9.17) is 37.1 Å². The van der Waals surface area contributed by atoms with E-state index in [0.717, 1.165) is 0 Å². The first kappa shape index (κ1) is 21.7. The van der Waals surface area contributed by atoms with Crippen LogP contribution < -0.4 is 20.1 Å². The number of anilines is 2. The Morgan fingerprint density at radius 3 is 2.27 bits per heavy atom. The Bertz CT molecular complexity index is 1170. The number of benzene rings is 2. The number of nitrogens with zero attached hydrogens (tertiary/aromatic N) is 1. The highest BCUT2D eigenvalue weighted by Gasteiger charge is 2.17. The molecule has 0 saturated heterocycles. The lowest BCUT2D eigenvalue weighted by Gasteiger charge is -2.14. The third-order valence-corrected chi connectivity index (χ3v) is 4.70. The molecule has 0 spiro atoms. The lowest BCUT2D eigenvalue weighted by atomic mass is 10.1. The summed E-state index contributed by atoms with van der Waals surface area (Å²) in [5.74, 6) is 1.60. The van der Waals surface area contributed by atoms with Gasteiger partial charge in [0.2, 0.25) is 5.88 Å². The number of hydrogen-bond acceptors (Lipinski definition) is 6. The number of carbonyl (C=O) groups is 1. The van der Waals surface area contributed by atoms with Gasteiger partial charge >= 0.3 is 0 Å². The van der Waals surface area contributed by atoms with Crippen molar-refractivity contribution in [3.8, 4) is 11.5 Å². The minimum absolute atomic E-state index is 0.225. The zero-order valence-electron chi connectivity index (χ0n) is 16.9. The van der Waals surface area contributed by atoms with Gasteiger partial charge in [0, 0.05) is 16.1 Å². The Kier molecular flexibility index (Phi) is 6.70. The van der Waals surface area contributed by atoms with Crippen LogP contribution in [-0.4, -0.2) is 20.0 Å². The van der Waals surface area contributed by atoms with E-state index in [1.54, 1.807) is 56.5 Å². The standard InChI is InChI=1S/C22H20Cl2N2O4/c1-12-9-18(25-16-10-14(23)5-7-19(16)28-3)21(13(2)27)22(30-12)26-17-11-15(24)6-8-20(17)29-4/h5-11,26H,1-4H3. The highest BCUT2D eigenvalue weighted by molar-refractivity contribution is 6.31. The average molecular weight is 447 g/mol. The van der Waals surface area contributed by atoms with Crippen LogP contribution in [0.5, 0.6) is 11.5 Å². The molecule has 0 aliphatic heterocycles. The molecule has 0 aliphatic rings. The van der Waals surface area contributed by atoms with Crippen molar-refractivity contribution in [3.05, 3.63) is 69.2 Å². The van der Waals surface area contributed by atoms with E-state index in [1.807, 2.05) is 0 Å². The van der Waals surface area contributed by atoms with Crippen molar-refractivity contribution in [1.29, 1.82) is 0 Å². The maximum absolute atomic E-state index is 12.5. The van der Waals surface area contributed by atoms with E-state index in [1.165, 1.54) is 14.0 Å². The monoisotopic (exact) mass is 446 g/mol. The summed E-state index contributed by atoms with van der Waals surface area (Å²) < 4.78 is 16.6. The summed E-state index contributed by atoms with van der Waals surface area (Å²) in [5, 5.41) is 4.52. The summed E-state index contributed by atoms with van der Waals surface area (Å²) in [5.41, 5.74) is 1.31. The Balaban J connectivity index is 2.23. The van der Waals surface area contributed by atoms with Gasteiger partial charge in [-0.15, -0.1) is 0 Å². The topological polar surface area (TPSA) is 73.1 Å². The van der Waals surface area contributed by atoms with Gasteiger partial charge in [0.05, 0.1) is 25.3 Å². The smallest absolute Gasteiger partial charge is 0.210 e. The first-order valence-electron chi connectivity index (χ1n) is 8.97. The fourth-order valence-electron chi connectivity index (χ4n) is 2.92. The molecule has 8 heteroatoms. The molecule has 0 atom stereocenters. The second-order valence-electron chi connectivity index (χ2n) is 6.40. The Morgan fingerprint density at radius 2 is 1.63 bits per heavy atom. The first-order valence-corrected chi connectivity index (χ1v) is 9.72. The van der Waals surface area contributed by atoms with E-state index in [-0.39, 0.29) is 17.2 Å². The van der Waals surface area contributed by atoms with Crippen molar-refractivity contribution < 1.29 is 18.7 Å². The summed E-state index contributed by atoms with van der Waals surface area (Å²) >= 11 is 12.2. The molecule has 30 heavy (non-hydrogen) atoms. The molecule has 0 bridgehead atoms. The van der Waals surface area contributed by atoms with Crippen LogP contribution in [0.3, 0.4) is 0 Å². The molecule has 0 fully saturated rings. The summed E-state index contributed by atoms with van der Waals surface area (Å²) in [4.78, 5) is 17.2. The predicted octanol–water partition coefficient (Wildman–Crippen LogP) is 6.09. The van der Waals surface area contributed by atoms with Gasteiger partial charge < -0.3 is 19.2 Å². The van der Waals surface area contributed by atoms with Crippen molar-refractivity contribution in [2.75, 3.05) is 19.5 Å².